The highest BCUT2D eigenvalue weighted by atomic mass is 16.5. The van der Waals surface area contributed by atoms with Gasteiger partial charge >= 0.3 is 6.09 Å². The Balaban J connectivity index is 1.19. The van der Waals surface area contributed by atoms with E-state index in [0.29, 0.717) is 43.5 Å². The van der Waals surface area contributed by atoms with Crippen molar-refractivity contribution >= 4 is 22.9 Å². The Morgan fingerprint density at radius 2 is 2.16 bits per heavy atom. The lowest BCUT2D eigenvalue weighted by atomic mass is 9.79. The molecule has 0 radical (unpaired) electrons. The van der Waals surface area contributed by atoms with E-state index in [1.807, 2.05) is 31.2 Å². The van der Waals surface area contributed by atoms with Crippen molar-refractivity contribution in [2.75, 3.05) is 26.8 Å². The zero-order valence-corrected chi connectivity index (χ0v) is 21.5. The largest absolute Gasteiger partial charge is 0.453 e. The monoisotopic (exact) mass is 511 g/mol. The number of hydrogen-bond donors (Lipinski definition) is 1. The van der Waals surface area contributed by atoms with Crippen LogP contribution in [0, 0.1) is 17.2 Å². The fourth-order valence-electron chi connectivity index (χ4n) is 5.96. The van der Waals surface area contributed by atoms with Crippen molar-refractivity contribution in [3.63, 3.8) is 0 Å². The molecular weight excluding hydrogens is 482 g/mol. The van der Waals surface area contributed by atoms with Gasteiger partial charge in [-0.15, -0.1) is 0 Å². The van der Waals surface area contributed by atoms with Crippen LogP contribution in [0.4, 0.5) is 4.79 Å². The number of piperidine rings is 1. The third kappa shape index (κ3) is 4.05. The van der Waals surface area contributed by atoms with Gasteiger partial charge in [-0.25, -0.2) is 4.79 Å². The highest BCUT2D eigenvalue weighted by molar-refractivity contribution is 5.94. The van der Waals surface area contributed by atoms with Crippen molar-refractivity contribution in [1.82, 2.24) is 20.2 Å². The molecule has 1 aromatic carbocycles. The van der Waals surface area contributed by atoms with E-state index in [1.54, 1.807) is 23.2 Å². The number of carbonyl (C=O) groups is 2. The quantitative estimate of drug-likeness (QED) is 0.569. The number of likely N-dealkylation sites (tertiary alicyclic amines) is 1. The zero-order valence-electron chi connectivity index (χ0n) is 21.5. The molecule has 0 bridgehead atoms. The van der Waals surface area contributed by atoms with E-state index < -0.39 is 5.41 Å². The highest BCUT2D eigenvalue weighted by Gasteiger charge is 2.59. The maximum absolute atomic E-state index is 13.0. The standard InChI is InChI=1S/C29H29N5O4/c1-28(15-30)17-38-14-20-4-3-18(9-23(20)28)26(35)32-13-22-10-24-19(12-31-22)5-6-25(33-24)29-11-21(29)7-8-34(16-29)27(36)37-2/h3-6,9-10,12,21H,7-8,11,13-14,16-17H2,1-2H3,(H,32,35)/t21?,28-,29?/m1/s1. The van der Waals surface area contributed by atoms with Crippen molar-refractivity contribution in [3.05, 3.63) is 70.7 Å². The molecule has 0 spiro atoms. The molecule has 3 atom stereocenters. The molecule has 3 aliphatic rings. The number of nitriles is 1. The molecule has 3 aromatic rings. The van der Waals surface area contributed by atoms with Gasteiger partial charge < -0.3 is 19.7 Å². The minimum absolute atomic E-state index is 0.117. The molecule has 194 valence electrons. The molecule has 1 aliphatic carbocycles. The van der Waals surface area contributed by atoms with Gasteiger partial charge in [0.25, 0.3) is 5.91 Å². The summed E-state index contributed by atoms with van der Waals surface area (Å²) in [6.07, 6.45) is 3.45. The first-order valence-corrected chi connectivity index (χ1v) is 12.8. The van der Waals surface area contributed by atoms with Gasteiger partial charge in [0.05, 0.1) is 44.1 Å². The number of fused-ring (bicyclic) bond motifs is 3. The van der Waals surface area contributed by atoms with Gasteiger partial charge in [-0.1, -0.05) is 6.07 Å². The SMILES string of the molecule is COC(=O)N1CCC2CC2(c2ccc3cnc(CNC(=O)c4ccc5c(c4)[C@](C)(C#N)COC5)cc3n2)C1. The number of nitrogens with zero attached hydrogens (tertiary/aromatic N) is 4. The average molecular weight is 512 g/mol. The van der Waals surface area contributed by atoms with Crippen molar-refractivity contribution in [3.8, 4) is 6.07 Å². The Kier molecular flexibility index (Phi) is 5.80. The molecule has 2 unspecified atom stereocenters. The molecule has 9 nitrogen and oxygen atoms in total. The third-order valence-corrected chi connectivity index (χ3v) is 8.32. The number of amides is 2. The lowest BCUT2D eigenvalue weighted by molar-refractivity contribution is 0.0757. The minimum Gasteiger partial charge on any atom is -0.453 e. The molecule has 6 rings (SSSR count). The normalized spacial score (nSPS) is 25.6. The van der Waals surface area contributed by atoms with E-state index in [9.17, 15) is 14.9 Å². The second-order valence-corrected chi connectivity index (χ2v) is 10.8. The molecule has 1 saturated heterocycles. The van der Waals surface area contributed by atoms with Gasteiger partial charge in [0, 0.05) is 41.3 Å². The summed E-state index contributed by atoms with van der Waals surface area (Å²) >= 11 is 0. The third-order valence-electron chi connectivity index (χ3n) is 8.32. The predicted octanol–water partition coefficient (Wildman–Crippen LogP) is 3.60. The Morgan fingerprint density at radius 1 is 1.29 bits per heavy atom. The van der Waals surface area contributed by atoms with Gasteiger partial charge in [0.2, 0.25) is 0 Å². The summed E-state index contributed by atoms with van der Waals surface area (Å²) in [5.74, 6) is 0.299. The molecule has 2 aliphatic heterocycles. The van der Waals surface area contributed by atoms with E-state index in [2.05, 4.69) is 16.4 Å². The molecule has 2 amide bonds. The number of ether oxygens (including phenoxy) is 2. The van der Waals surface area contributed by atoms with Gasteiger partial charge in [-0.2, -0.15) is 5.26 Å². The first-order valence-electron chi connectivity index (χ1n) is 12.8. The summed E-state index contributed by atoms with van der Waals surface area (Å²) in [4.78, 5) is 36.4. The molecule has 1 N–H and O–H groups in total. The van der Waals surface area contributed by atoms with Crippen LogP contribution in [0.5, 0.6) is 0 Å². The molecule has 2 aromatic heterocycles. The zero-order chi connectivity index (χ0) is 26.5. The van der Waals surface area contributed by atoms with Gasteiger partial charge in [0.15, 0.2) is 0 Å². The molecule has 1 saturated carbocycles. The predicted molar refractivity (Wildman–Crippen MR) is 138 cm³/mol. The van der Waals surface area contributed by atoms with Crippen LogP contribution in [0.3, 0.4) is 0 Å². The Bertz CT molecular complexity index is 1500. The van der Waals surface area contributed by atoms with Crippen LogP contribution >= 0.6 is 0 Å². The summed E-state index contributed by atoms with van der Waals surface area (Å²) in [6, 6.07) is 13.7. The van der Waals surface area contributed by atoms with Crippen molar-refractivity contribution < 1.29 is 19.1 Å². The van der Waals surface area contributed by atoms with Crippen LogP contribution in [0.15, 0.2) is 42.6 Å². The maximum atomic E-state index is 13.0. The lowest BCUT2D eigenvalue weighted by Crippen LogP contribution is -2.42. The van der Waals surface area contributed by atoms with Gasteiger partial charge in [-0.3, -0.25) is 14.8 Å². The fourth-order valence-corrected chi connectivity index (χ4v) is 5.96. The molecule has 9 heteroatoms. The summed E-state index contributed by atoms with van der Waals surface area (Å²) in [5, 5.41) is 13.5. The smallest absolute Gasteiger partial charge is 0.409 e. The second-order valence-electron chi connectivity index (χ2n) is 10.8. The van der Waals surface area contributed by atoms with Crippen LogP contribution in [0.25, 0.3) is 10.9 Å². The summed E-state index contributed by atoms with van der Waals surface area (Å²) in [5.41, 5.74) is 3.88. The fraction of sp³-hybridized carbons (Fsp3) is 0.414. The van der Waals surface area contributed by atoms with Crippen LogP contribution in [-0.4, -0.2) is 53.7 Å². The Labute approximate surface area is 220 Å². The number of methoxy groups -OCH3 is 1. The van der Waals surface area contributed by atoms with Crippen LogP contribution < -0.4 is 5.32 Å². The van der Waals surface area contributed by atoms with E-state index in [4.69, 9.17) is 14.5 Å². The van der Waals surface area contributed by atoms with Gasteiger partial charge in [-0.05, 0) is 67.1 Å². The molecular formula is C29H29N5O4. The Hall–Kier alpha value is -4.03. The van der Waals surface area contributed by atoms with Crippen molar-refractivity contribution in [1.29, 1.82) is 5.26 Å². The summed E-state index contributed by atoms with van der Waals surface area (Å²) < 4.78 is 10.5. The summed E-state index contributed by atoms with van der Waals surface area (Å²) in [6.45, 7) is 4.16. The van der Waals surface area contributed by atoms with E-state index in [1.165, 1.54) is 7.11 Å². The second kappa shape index (κ2) is 9.07. The van der Waals surface area contributed by atoms with E-state index >= 15 is 0 Å². The maximum Gasteiger partial charge on any atom is 0.409 e. The number of aromatic nitrogens is 2. The number of benzene rings is 1. The van der Waals surface area contributed by atoms with Gasteiger partial charge in [0.1, 0.15) is 5.41 Å². The lowest BCUT2D eigenvalue weighted by Gasteiger charge is -2.31. The first kappa shape index (κ1) is 24.3. The van der Waals surface area contributed by atoms with Crippen LogP contribution in [0.2, 0.25) is 0 Å². The molecule has 2 fully saturated rings. The number of hydrogen-bond acceptors (Lipinski definition) is 7. The van der Waals surface area contributed by atoms with Crippen LogP contribution in [-0.2, 0) is 33.5 Å². The average Bonchev–Trinajstić information content (AvgIpc) is 3.70. The Morgan fingerprint density at radius 3 is 2.97 bits per heavy atom. The van der Waals surface area contributed by atoms with Crippen molar-refractivity contribution in [2.45, 2.75) is 43.7 Å². The molecule has 38 heavy (non-hydrogen) atoms. The topological polar surface area (TPSA) is 117 Å². The van der Waals surface area contributed by atoms with Crippen LogP contribution in [0.1, 0.15) is 52.6 Å². The van der Waals surface area contributed by atoms with Crippen molar-refractivity contribution in [2.24, 2.45) is 5.92 Å². The number of rotatable bonds is 4. The number of nitrogens with one attached hydrogen (secondary N) is 1. The summed E-state index contributed by atoms with van der Waals surface area (Å²) in [7, 11) is 1.42. The van der Waals surface area contributed by atoms with E-state index in [0.717, 1.165) is 40.6 Å². The molecule has 4 heterocycles. The minimum atomic E-state index is -0.778. The number of pyridine rings is 2. The van der Waals surface area contributed by atoms with E-state index in [-0.39, 0.29) is 24.0 Å². The highest BCUT2D eigenvalue weighted by Crippen LogP contribution is 2.58. The number of carbonyl (C=O) groups excluding carboxylic acids is 2. The first-order chi connectivity index (χ1) is 18.3.